The molecule has 0 amide bonds. The average Bonchev–Trinajstić information content (AvgIpc) is 2.46. The number of nitrogens with one attached hydrogen (secondary N) is 1. The largest absolute Gasteiger partial charge is 0.316 e. The Bertz CT molecular complexity index is 170. The smallest absolute Gasteiger partial charge is 0.140 e. The highest BCUT2D eigenvalue weighted by molar-refractivity contribution is 5.86. The molecule has 0 bridgehead atoms. The van der Waals surface area contributed by atoms with Crippen LogP contribution in [0.1, 0.15) is 32.1 Å². The van der Waals surface area contributed by atoms with Crippen molar-refractivity contribution >= 4 is 5.78 Å². The molecule has 1 N–H and O–H groups in total. The van der Waals surface area contributed by atoms with E-state index in [1.54, 1.807) is 0 Å². The van der Waals surface area contributed by atoms with Gasteiger partial charge in [-0.3, -0.25) is 4.79 Å². The molecule has 0 aromatic carbocycles. The fraction of sp³-hybridized carbons (Fsp3) is 0.889. The van der Waals surface area contributed by atoms with Crippen LogP contribution in [0.3, 0.4) is 0 Å². The molecule has 1 heterocycles. The van der Waals surface area contributed by atoms with Crippen molar-refractivity contribution < 1.29 is 4.79 Å². The first-order valence-electron chi connectivity index (χ1n) is 4.58. The predicted molar refractivity (Wildman–Crippen MR) is 43.4 cm³/mol. The minimum absolute atomic E-state index is 0.0816. The maximum absolute atomic E-state index is 11.6. The van der Waals surface area contributed by atoms with Gasteiger partial charge < -0.3 is 5.32 Å². The van der Waals surface area contributed by atoms with Crippen LogP contribution in [0.15, 0.2) is 0 Å². The Kier molecular flexibility index (Phi) is 1.72. The van der Waals surface area contributed by atoms with E-state index in [1.807, 2.05) is 0 Å². The van der Waals surface area contributed by atoms with Crippen molar-refractivity contribution in [2.24, 2.45) is 5.41 Å². The summed E-state index contributed by atoms with van der Waals surface area (Å²) >= 11 is 0. The molecule has 2 fully saturated rings. The second-order valence-electron chi connectivity index (χ2n) is 3.84. The summed E-state index contributed by atoms with van der Waals surface area (Å²) in [6, 6.07) is 0. The third kappa shape index (κ3) is 1.09. The highest BCUT2D eigenvalue weighted by Gasteiger charge is 2.41. The summed E-state index contributed by atoms with van der Waals surface area (Å²) in [7, 11) is 0. The molecule has 2 aliphatic rings. The van der Waals surface area contributed by atoms with E-state index in [2.05, 4.69) is 5.32 Å². The second-order valence-corrected chi connectivity index (χ2v) is 3.84. The fourth-order valence-electron chi connectivity index (χ4n) is 2.35. The van der Waals surface area contributed by atoms with Crippen molar-refractivity contribution in [1.82, 2.24) is 5.32 Å². The number of rotatable bonds is 0. The van der Waals surface area contributed by atoms with Gasteiger partial charge in [-0.1, -0.05) is 6.42 Å². The van der Waals surface area contributed by atoms with Gasteiger partial charge in [0.05, 0.1) is 0 Å². The molecule has 0 aromatic heterocycles. The molecule has 1 saturated carbocycles. The van der Waals surface area contributed by atoms with Gasteiger partial charge in [-0.05, 0) is 25.8 Å². The van der Waals surface area contributed by atoms with Crippen molar-refractivity contribution in [3.8, 4) is 0 Å². The van der Waals surface area contributed by atoms with Gasteiger partial charge in [-0.25, -0.2) is 0 Å². The molecule has 1 aliphatic heterocycles. The molecule has 11 heavy (non-hydrogen) atoms. The van der Waals surface area contributed by atoms with Crippen molar-refractivity contribution in [2.45, 2.75) is 32.1 Å². The Morgan fingerprint density at radius 2 is 2.18 bits per heavy atom. The molecule has 62 valence electrons. The maximum atomic E-state index is 11.6. The van der Waals surface area contributed by atoms with Gasteiger partial charge in [0.1, 0.15) is 5.78 Å². The Hall–Kier alpha value is -0.370. The van der Waals surface area contributed by atoms with E-state index < -0.39 is 0 Å². The third-order valence-corrected chi connectivity index (χ3v) is 3.14. The van der Waals surface area contributed by atoms with Crippen molar-refractivity contribution in [2.75, 3.05) is 13.1 Å². The molecule has 1 saturated heterocycles. The number of hydrogen-bond acceptors (Lipinski definition) is 2. The lowest BCUT2D eigenvalue weighted by Gasteiger charge is -2.30. The van der Waals surface area contributed by atoms with Crippen molar-refractivity contribution in [3.05, 3.63) is 0 Å². The van der Waals surface area contributed by atoms with Crippen LogP contribution in [0.5, 0.6) is 0 Å². The van der Waals surface area contributed by atoms with Crippen LogP contribution < -0.4 is 5.32 Å². The Balaban J connectivity index is 2.13. The number of carbonyl (C=O) groups is 1. The summed E-state index contributed by atoms with van der Waals surface area (Å²) in [4.78, 5) is 11.6. The Labute approximate surface area is 67.4 Å². The standard InChI is InChI=1S/C9H15NO/c11-8-3-1-2-4-9(8)5-6-10-7-9/h10H,1-7H2/t9-/m0/s1. The monoisotopic (exact) mass is 153 g/mol. The molecule has 1 spiro atoms. The highest BCUT2D eigenvalue weighted by Crippen LogP contribution is 2.37. The Morgan fingerprint density at radius 3 is 2.82 bits per heavy atom. The molecule has 2 nitrogen and oxygen atoms in total. The van der Waals surface area contributed by atoms with Crippen LogP contribution in [-0.2, 0) is 4.79 Å². The van der Waals surface area contributed by atoms with Crippen LogP contribution in [0, 0.1) is 5.41 Å². The summed E-state index contributed by atoms with van der Waals surface area (Å²) in [5.74, 6) is 0.522. The quantitative estimate of drug-likeness (QED) is 0.565. The minimum atomic E-state index is 0.0816. The number of ketones is 1. The van der Waals surface area contributed by atoms with E-state index in [-0.39, 0.29) is 5.41 Å². The summed E-state index contributed by atoms with van der Waals surface area (Å²) in [6.07, 6.45) is 5.44. The average molecular weight is 153 g/mol. The van der Waals surface area contributed by atoms with E-state index in [0.717, 1.165) is 38.8 Å². The van der Waals surface area contributed by atoms with E-state index in [4.69, 9.17) is 0 Å². The lowest BCUT2D eigenvalue weighted by Crippen LogP contribution is -2.35. The normalized spacial score (nSPS) is 38.4. The number of carbonyl (C=O) groups excluding carboxylic acids is 1. The van der Waals surface area contributed by atoms with Crippen LogP contribution in [-0.4, -0.2) is 18.9 Å². The van der Waals surface area contributed by atoms with Gasteiger partial charge >= 0.3 is 0 Å². The maximum Gasteiger partial charge on any atom is 0.140 e. The Morgan fingerprint density at radius 1 is 1.27 bits per heavy atom. The molecule has 1 aliphatic carbocycles. The lowest BCUT2D eigenvalue weighted by molar-refractivity contribution is -0.130. The van der Waals surface area contributed by atoms with Crippen LogP contribution in [0.2, 0.25) is 0 Å². The van der Waals surface area contributed by atoms with Crippen LogP contribution >= 0.6 is 0 Å². The van der Waals surface area contributed by atoms with Gasteiger partial charge in [-0.2, -0.15) is 0 Å². The molecular weight excluding hydrogens is 138 g/mol. The van der Waals surface area contributed by atoms with Gasteiger partial charge in [0.2, 0.25) is 0 Å². The zero-order chi connectivity index (χ0) is 7.73. The summed E-state index contributed by atoms with van der Waals surface area (Å²) in [5.41, 5.74) is 0.0816. The molecule has 0 radical (unpaired) electrons. The van der Waals surface area contributed by atoms with Gasteiger partial charge in [0, 0.05) is 18.4 Å². The third-order valence-electron chi connectivity index (χ3n) is 3.14. The van der Waals surface area contributed by atoms with Crippen molar-refractivity contribution in [3.63, 3.8) is 0 Å². The highest BCUT2D eigenvalue weighted by atomic mass is 16.1. The number of hydrogen-bond donors (Lipinski definition) is 1. The van der Waals surface area contributed by atoms with E-state index >= 15 is 0 Å². The first-order valence-corrected chi connectivity index (χ1v) is 4.58. The first kappa shape index (κ1) is 7.29. The van der Waals surface area contributed by atoms with Crippen LogP contribution in [0.25, 0.3) is 0 Å². The lowest BCUT2D eigenvalue weighted by atomic mass is 9.72. The molecule has 2 heteroatoms. The number of Topliss-reactive ketones (excluding diaryl/α,β-unsaturated/α-hetero) is 1. The molecule has 2 rings (SSSR count). The van der Waals surface area contributed by atoms with Crippen molar-refractivity contribution in [1.29, 1.82) is 0 Å². The topological polar surface area (TPSA) is 29.1 Å². The van der Waals surface area contributed by atoms with E-state index in [0.29, 0.717) is 5.78 Å². The fourth-order valence-corrected chi connectivity index (χ4v) is 2.35. The molecular formula is C9H15NO. The minimum Gasteiger partial charge on any atom is -0.316 e. The van der Waals surface area contributed by atoms with E-state index in [1.165, 1.54) is 6.42 Å². The summed E-state index contributed by atoms with van der Waals surface area (Å²) in [6.45, 7) is 2.00. The second kappa shape index (κ2) is 2.59. The zero-order valence-electron chi connectivity index (χ0n) is 6.86. The van der Waals surface area contributed by atoms with Crippen LogP contribution in [0.4, 0.5) is 0 Å². The molecule has 0 unspecified atom stereocenters. The van der Waals surface area contributed by atoms with Gasteiger partial charge in [-0.15, -0.1) is 0 Å². The molecule has 1 atom stereocenters. The summed E-state index contributed by atoms with van der Waals surface area (Å²) in [5, 5.41) is 3.29. The first-order chi connectivity index (χ1) is 5.33. The van der Waals surface area contributed by atoms with Gasteiger partial charge in [0.25, 0.3) is 0 Å². The molecule has 0 aromatic rings. The SMILES string of the molecule is O=C1CCCC[C@@]12CCNC2. The van der Waals surface area contributed by atoms with Gasteiger partial charge in [0.15, 0.2) is 0 Å². The van der Waals surface area contributed by atoms with E-state index in [9.17, 15) is 4.79 Å². The zero-order valence-corrected chi connectivity index (χ0v) is 6.86. The predicted octanol–water partition coefficient (Wildman–Crippen LogP) is 1.11. The summed E-state index contributed by atoms with van der Waals surface area (Å²) < 4.78 is 0.